The fourth-order valence-electron chi connectivity index (χ4n) is 2.15. The third-order valence-corrected chi connectivity index (χ3v) is 3.07. The summed E-state index contributed by atoms with van der Waals surface area (Å²) in [5, 5.41) is 0. The predicted octanol–water partition coefficient (Wildman–Crippen LogP) is 2.91. The fourth-order valence-corrected chi connectivity index (χ4v) is 2.15. The molecule has 1 heteroatoms. The smallest absolute Gasteiger partial charge is 0.00694 e. The molecule has 1 aliphatic heterocycles. The van der Waals surface area contributed by atoms with Crippen LogP contribution in [0.5, 0.6) is 0 Å². The van der Waals surface area contributed by atoms with Crippen molar-refractivity contribution in [1.82, 2.24) is 4.90 Å². The number of hydrogen-bond acceptors (Lipinski definition) is 1. The van der Waals surface area contributed by atoms with Gasteiger partial charge in [0.1, 0.15) is 0 Å². The molecular formula is C11H23N. The number of unbranched alkanes of at least 4 members (excludes halogenated alkanes) is 1. The van der Waals surface area contributed by atoms with Crippen LogP contribution in [-0.4, -0.2) is 24.0 Å². The second kappa shape index (κ2) is 4.86. The van der Waals surface area contributed by atoms with E-state index in [0.717, 1.165) is 12.0 Å². The minimum absolute atomic E-state index is 0.834. The van der Waals surface area contributed by atoms with Gasteiger partial charge in [0, 0.05) is 6.04 Å². The van der Waals surface area contributed by atoms with Crippen molar-refractivity contribution in [2.24, 2.45) is 5.92 Å². The molecule has 12 heavy (non-hydrogen) atoms. The van der Waals surface area contributed by atoms with E-state index in [2.05, 4.69) is 25.7 Å². The normalized spacial score (nSPS) is 32.2. The van der Waals surface area contributed by atoms with Crippen LogP contribution in [0.4, 0.5) is 0 Å². The Morgan fingerprint density at radius 3 is 2.67 bits per heavy atom. The maximum absolute atomic E-state index is 2.66. The molecule has 2 unspecified atom stereocenters. The van der Waals surface area contributed by atoms with Crippen molar-refractivity contribution in [2.45, 2.75) is 52.5 Å². The SMILES string of the molecule is CCCCN1CCC(C)CC1C. The molecular weight excluding hydrogens is 146 g/mol. The van der Waals surface area contributed by atoms with Gasteiger partial charge in [-0.15, -0.1) is 0 Å². The van der Waals surface area contributed by atoms with Crippen LogP contribution in [0.15, 0.2) is 0 Å². The third-order valence-electron chi connectivity index (χ3n) is 3.07. The highest BCUT2D eigenvalue weighted by Gasteiger charge is 2.21. The number of piperidine rings is 1. The van der Waals surface area contributed by atoms with Gasteiger partial charge < -0.3 is 4.90 Å². The molecule has 0 aliphatic carbocycles. The summed E-state index contributed by atoms with van der Waals surface area (Å²) in [6.07, 6.45) is 5.52. The van der Waals surface area contributed by atoms with Gasteiger partial charge in [-0.05, 0) is 45.2 Å². The van der Waals surface area contributed by atoms with Gasteiger partial charge in [-0.2, -0.15) is 0 Å². The Bertz CT molecular complexity index is 120. The summed E-state index contributed by atoms with van der Waals surface area (Å²) in [6, 6.07) is 0.834. The first kappa shape index (κ1) is 10.0. The molecule has 0 aromatic heterocycles. The van der Waals surface area contributed by atoms with Gasteiger partial charge in [0.15, 0.2) is 0 Å². The highest BCUT2D eigenvalue weighted by Crippen LogP contribution is 2.21. The van der Waals surface area contributed by atoms with Gasteiger partial charge in [0.05, 0.1) is 0 Å². The van der Waals surface area contributed by atoms with Gasteiger partial charge in [-0.1, -0.05) is 20.3 Å². The highest BCUT2D eigenvalue weighted by atomic mass is 15.2. The number of rotatable bonds is 3. The Morgan fingerprint density at radius 1 is 1.33 bits per heavy atom. The zero-order chi connectivity index (χ0) is 8.97. The average molecular weight is 169 g/mol. The Kier molecular flexibility index (Phi) is 4.07. The molecule has 0 amide bonds. The van der Waals surface area contributed by atoms with Gasteiger partial charge in [0.25, 0.3) is 0 Å². The summed E-state index contributed by atoms with van der Waals surface area (Å²) in [7, 11) is 0. The molecule has 0 radical (unpaired) electrons. The minimum atomic E-state index is 0.834. The van der Waals surface area contributed by atoms with Gasteiger partial charge >= 0.3 is 0 Å². The van der Waals surface area contributed by atoms with E-state index in [0.29, 0.717) is 0 Å². The van der Waals surface area contributed by atoms with Crippen molar-refractivity contribution < 1.29 is 0 Å². The van der Waals surface area contributed by atoms with Crippen molar-refractivity contribution in [3.8, 4) is 0 Å². The topological polar surface area (TPSA) is 3.24 Å². The second-order valence-corrected chi connectivity index (χ2v) is 4.37. The van der Waals surface area contributed by atoms with Crippen LogP contribution in [0.3, 0.4) is 0 Å². The van der Waals surface area contributed by atoms with E-state index in [1.54, 1.807) is 0 Å². The van der Waals surface area contributed by atoms with E-state index < -0.39 is 0 Å². The molecule has 1 rings (SSSR count). The van der Waals surface area contributed by atoms with E-state index in [4.69, 9.17) is 0 Å². The van der Waals surface area contributed by atoms with Gasteiger partial charge in [-0.25, -0.2) is 0 Å². The molecule has 0 spiro atoms. The van der Waals surface area contributed by atoms with E-state index in [1.807, 2.05) is 0 Å². The molecule has 1 saturated heterocycles. The molecule has 0 saturated carbocycles. The predicted molar refractivity (Wildman–Crippen MR) is 54.3 cm³/mol. The van der Waals surface area contributed by atoms with Crippen LogP contribution in [-0.2, 0) is 0 Å². The molecule has 0 aromatic carbocycles. The largest absolute Gasteiger partial charge is 0.301 e. The van der Waals surface area contributed by atoms with Crippen molar-refractivity contribution in [3.63, 3.8) is 0 Å². The molecule has 2 atom stereocenters. The summed E-state index contributed by atoms with van der Waals surface area (Å²) in [4.78, 5) is 2.66. The summed E-state index contributed by atoms with van der Waals surface area (Å²) >= 11 is 0. The molecule has 0 bridgehead atoms. The first-order valence-electron chi connectivity index (χ1n) is 5.48. The van der Waals surface area contributed by atoms with Gasteiger partial charge in [-0.3, -0.25) is 0 Å². The molecule has 0 aromatic rings. The van der Waals surface area contributed by atoms with E-state index in [9.17, 15) is 0 Å². The summed E-state index contributed by atoms with van der Waals surface area (Å²) in [6.45, 7) is 9.70. The standard InChI is InChI=1S/C11H23N/c1-4-5-7-12-8-6-10(2)9-11(12)3/h10-11H,4-9H2,1-3H3. The molecule has 0 N–H and O–H groups in total. The highest BCUT2D eigenvalue weighted by molar-refractivity contribution is 4.76. The lowest BCUT2D eigenvalue weighted by atomic mass is 9.93. The Morgan fingerprint density at radius 2 is 2.08 bits per heavy atom. The van der Waals surface area contributed by atoms with Crippen molar-refractivity contribution in [3.05, 3.63) is 0 Å². The van der Waals surface area contributed by atoms with E-state index in [1.165, 1.54) is 38.8 Å². The Labute approximate surface area is 77.1 Å². The monoisotopic (exact) mass is 169 g/mol. The van der Waals surface area contributed by atoms with Gasteiger partial charge in [0.2, 0.25) is 0 Å². The van der Waals surface area contributed by atoms with Crippen LogP contribution in [0.1, 0.15) is 46.5 Å². The molecule has 1 aliphatic rings. The van der Waals surface area contributed by atoms with Crippen LogP contribution in [0, 0.1) is 5.92 Å². The summed E-state index contributed by atoms with van der Waals surface area (Å²) in [5.41, 5.74) is 0. The zero-order valence-corrected chi connectivity index (χ0v) is 8.84. The zero-order valence-electron chi connectivity index (χ0n) is 8.84. The first-order chi connectivity index (χ1) is 5.74. The average Bonchev–Trinajstić information content (AvgIpc) is 2.03. The van der Waals surface area contributed by atoms with Crippen LogP contribution in [0.2, 0.25) is 0 Å². The van der Waals surface area contributed by atoms with Crippen molar-refractivity contribution >= 4 is 0 Å². The minimum Gasteiger partial charge on any atom is -0.301 e. The Balaban J connectivity index is 2.25. The van der Waals surface area contributed by atoms with E-state index >= 15 is 0 Å². The molecule has 1 nitrogen and oxygen atoms in total. The van der Waals surface area contributed by atoms with Crippen LogP contribution >= 0.6 is 0 Å². The van der Waals surface area contributed by atoms with Crippen molar-refractivity contribution in [1.29, 1.82) is 0 Å². The van der Waals surface area contributed by atoms with E-state index in [-0.39, 0.29) is 0 Å². The number of hydrogen-bond donors (Lipinski definition) is 0. The fraction of sp³-hybridized carbons (Fsp3) is 1.00. The maximum atomic E-state index is 2.66. The summed E-state index contributed by atoms with van der Waals surface area (Å²) < 4.78 is 0. The summed E-state index contributed by atoms with van der Waals surface area (Å²) in [5.74, 6) is 0.956. The Hall–Kier alpha value is -0.0400. The van der Waals surface area contributed by atoms with Crippen LogP contribution in [0.25, 0.3) is 0 Å². The maximum Gasteiger partial charge on any atom is 0.00694 e. The lowest BCUT2D eigenvalue weighted by molar-refractivity contribution is 0.128. The molecule has 1 heterocycles. The molecule has 1 fully saturated rings. The van der Waals surface area contributed by atoms with Crippen LogP contribution < -0.4 is 0 Å². The lowest BCUT2D eigenvalue weighted by Crippen LogP contribution is -2.40. The second-order valence-electron chi connectivity index (χ2n) is 4.37. The lowest BCUT2D eigenvalue weighted by Gasteiger charge is -2.36. The first-order valence-corrected chi connectivity index (χ1v) is 5.48. The van der Waals surface area contributed by atoms with Crippen molar-refractivity contribution in [2.75, 3.05) is 13.1 Å². The molecule has 72 valence electrons. The third kappa shape index (κ3) is 2.78. The number of nitrogens with zero attached hydrogens (tertiary/aromatic N) is 1. The number of likely N-dealkylation sites (tertiary alicyclic amines) is 1. The quantitative estimate of drug-likeness (QED) is 0.628.